The minimum Gasteiger partial charge on any atom is -0.0859 e. The average Bonchev–Trinajstić information content (AvgIpc) is 2.63. The van der Waals surface area contributed by atoms with Crippen LogP contribution in [-0.4, -0.2) is 12.2 Å². The Balaban J connectivity index is 2.20. The summed E-state index contributed by atoms with van der Waals surface area (Å²) in [5.41, 5.74) is 9.65. The number of rotatable bonds is 2. The lowest BCUT2D eigenvalue weighted by atomic mass is 10.2. The highest BCUT2D eigenvalue weighted by molar-refractivity contribution is 7.69. The fourth-order valence-corrected chi connectivity index (χ4v) is 4.12. The molecule has 15 heavy (non-hydrogen) atoms. The van der Waals surface area contributed by atoms with Crippen LogP contribution in [0.3, 0.4) is 0 Å². The lowest BCUT2D eigenvalue weighted by Crippen LogP contribution is -2.07. The summed E-state index contributed by atoms with van der Waals surface area (Å²) in [5, 5.41) is 5.17. The van der Waals surface area contributed by atoms with Crippen LogP contribution in [0.4, 0.5) is 0 Å². The quantitative estimate of drug-likeness (QED) is 0.315. The average molecular weight is 217 g/mol. The van der Waals surface area contributed by atoms with E-state index in [9.17, 15) is 0 Å². The highest BCUT2D eigenvalue weighted by atomic mass is 31.1. The number of hydrogen-bond acceptors (Lipinski definition) is 1. The molecule has 0 amide bonds. The molecule has 0 N–H and O–H groups in total. The van der Waals surface area contributed by atoms with E-state index in [-0.39, 0.29) is 14.0 Å². The second kappa shape index (κ2) is 4.48. The summed E-state index contributed by atoms with van der Waals surface area (Å²) in [7, 11) is -0.257. The van der Waals surface area contributed by atoms with Crippen LogP contribution in [0.2, 0.25) is 0 Å². The maximum atomic E-state index is 8.44. The van der Waals surface area contributed by atoms with E-state index in [1.165, 1.54) is 10.9 Å². The van der Waals surface area contributed by atoms with Crippen LogP contribution in [0.1, 0.15) is 6.92 Å². The van der Waals surface area contributed by atoms with Gasteiger partial charge in [0.1, 0.15) is 0 Å². The molecule has 0 aliphatic carbocycles. The summed E-state index contributed by atoms with van der Waals surface area (Å²) >= 11 is 0. The predicted molar refractivity (Wildman–Crippen MR) is 64.6 cm³/mol. The molecular formula is C11H12N3P. The van der Waals surface area contributed by atoms with Crippen LogP contribution >= 0.6 is 7.92 Å². The van der Waals surface area contributed by atoms with Gasteiger partial charge < -0.3 is 0 Å². The first kappa shape index (κ1) is 10.2. The molecule has 0 aromatic heterocycles. The van der Waals surface area contributed by atoms with Crippen LogP contribution in [0, 0.1) is 0 Å². The molecule has 0 radical (unpaired) electrons. The second-order valence-corrected chi connectivity index (χ2v) is 5.66. The molecule has 1 aromatic rings. The van der Waals surface area contributed by atoms with Gasteiger partial charge in [-0.05, 0) is 23.9 Å². The number of hydrogen-bond donors (Lipinski definition) is 0. The Labute approximate surface area is 90.2 Å². The molecular weight excluding hydrogens is 205 g/mol. The third kappa shape index (κ3) is 2.20. The minimum atomic E-state index is -0.257. The van der Waals surface area contributed by atoms with Crippen molar-refractivity contribution in [2.24, 2.45) is 5.11 Å². The van der Waals surface area contributed by atoms with E-state index < -0.39 is 0 Å². The standard InChI is InChI=1S/C11H12N3P/c1-9-7-15(8-11(9)13-14-12)10-5-3-2-4-6-10/h2-7,11H,8H2,1H3. The summed E-state index contributed by atoms with van der Waals surface area (Å²) in [5.74, 6) is 2.27. The Kier molecular flexibility index (Phi) is 3.05. The number of nitrogens with zero attached hydrogens (tertiary/aromatic N) is 3. The molecule has 0 fully saturated rings. The molecule has 4 heteroatoms. The van der Waals surface area contributed by atoms with Gasteiger partial charge in [0, 0.05) is 4.91 Å². The van der Waals surface area contributed by atoms with E-state index in [2.05, 4.69) is 40.1 Å². The molecule has 3 nitrogen and oxygen atoms in total. The van der Waals surface area contributed by atoms with Gasteiger partial charge in [-0.3, -0.25) is 0 Å². The van der Waals surface area contributed by atoms with Gasteiger partial charge in [-0.15, -0.1) is 0 Å². The van der Waals surface area contributed by atoms with E-state index in [0.29, 0.717) is 0 Å². The second-order valence-electron chi connectivity index (χ2n) is 3.58. The van der Waals surface area contributed by atoms with E-state index >= 15 is 0 Å². The van der Waals surface area contributed by atoms with Crippen molar-refractivity contribution < 1.29 is 0 Å². The molecule has 0 bridgehead atoms. The van der Waals surface area contributed by atoms with Gasteiger partial charge in [-0.1, -0.05) is 54.8 Å². The van der Waals surface area contributed by atoms with Gasteiger partial charge in [0.25, 0.3) is 0 Å². The van der Waals surface area contributed by atoms with E-state index in [1.54, 1.807) is 0 Å². The summed E-state index contributed by atoms with van der Waals surface area (Å²) in [6.45, 7) is 2.05. The summed E-state index contributed by atoms with van der Waals surface area (Å²) in [6, 6.07) is 10.5. The van der Waals surface area contributed by atoms with Crippen molar-refractivity contribution in [3.63, 3.8) is 0 Å². The molecule has 1 heterocycles. The van der Waals surface area contributed by atoms with Crippen LogP contribution < -0.4 is 5.30 Å². The van der Waals surface area contributed by atoms with Gasteiger partial charge in [0.05, 0.1) is 6.04 Å². The minimum absolute atomic E-state index is 0.0707. The van der Waals surface area contributed by atoms with Gasteiger partial charge in [0.15, 0.2) is 0 Å². The summed E-state index contributed by atoms with van der Waals surface area (Å²) < 4.78 is 0. The molecule has 1 aliphatic rings. The molecule has 0 spiro atoms. The zero-order valence-corrected chi connectivity index (χ0v) is 9.43. The summed E-state index contributed by atoms with van der Waals surface area (Å²) in [4.78, 5) is 2.89. The Bertz CT molecular complexity index is 421. The predicted octanol–water partition coefficient (Wildman–Crippen LogP) is 3.39. The van der Waals surface area contributed by atoms with Crippen molar-refractivity contribution in [2.45, 2.75) is 13.0 Å². The van der Waals surface area contributed by atoms with Crippen molar-refractivity contribution in [1.82, 2.24) is 0 Å². The Hall–Kier alpha value is -1.30. The highest BCUT2D eigenvalue weighted by Gasteiger charge is 2.23. The van der Waals surface area contributed by atoms with Crippen molar-refractivity contribution in [3.05, 3.63) is 52.2 Å². The maximum absolute atomic E-state index is 8.44. The lowest BCUT2D eigenvalue weighted by molar-refractivity contribution is 0.875. The van der Waals surface area contributed by atoms with Crippen molar-refractivity contribution in [3.8, 4) is 0 Å². The number of azide groups is 1. The first-order chi connectivity index (χ1) is 7.31. The van der Waals surface area contributed by atoms with Crippen LogP contribution in [0.15, 0.2) is 46.8 Å². The number of benzene rings is 1. The molecule has 2 unspecified atom stereocenters. The fourth-order valence-electron chi connectivity index (χ4n) is 1.70. The van der Waals surface area contributed by atoms with Crippen LogP contribution in [0.25, 0.3) is 10.4 Å². The van der Waals surface area contributed by atoms with E-state index in [0.717, 1.165) is 6.16 Å². The third-order valence-corrected chi connectivity index (χ3v) is 4.95. The normalized spacial score (nSPS) is 24.5. The van der Waals surface area contributed by atoms with Crippen LogP contribution in [-0.2, 0) is 0 Å². The zero-order valence-electron chi connectivity index (χ0n) is 8.54. The van der Waals surface area contributed by atoms with Crippen LogP contribution in [0.5, 0.6) is 0 Å². The van der Waals surface area contributed by atoms with Gasteiger partial charge in [-0.2, -0.15) is 0 Å². The smallest absolute Gasteiger partial charge is 0.0630 e. The molecule has 76 valence electrons. The van der Waals surface area contributed by atoms with E-state index in [1.807, 2.05) is 13.0 Å². The fraction of sp³-hybridized carbons (Fsp3) is 0.273. The topological polar surface area (TPSA) is 48.8 Å². The molecule has 0 saturated heterocycles. The first-order valence-corrected chi connectivity index (χ1v) is 6.45. The van der Waals surface area contributed by atoms with Gasteiger partial charge >= 0.3 is 0 Å². The SMILES string of the molecule is CC1=CP(c2ccccc2)CC1N=[N+]=[N-]. The van der Waals surface area contributed by atoms with Crippen molar-refractivity contribution in [2.75, 3.05) is 6.16 Å². The maximum Gasteiger partial charge on any atom is 0.0630 e. The Morgan fingerprint density at radius 1 is 1.40 bits per heavy atom. The van der Waals surface area contributed by atoms with E-state index in [4.69, 9.17) is 5.53 Å². The first-order valence-electron chi connectivity index (χ1n) is 4.85. The monoisotopic (exact) mass is 217 g/mol. The molecule has 0 saturated carbocycles. The Morgan fingerprint density at radius 3 is 2.80 bits per heavy atom. The lowest BCUT2D eigenvalue weighted by Gasteiger charge is -2.09. The summed E-state index contributed by atoms with van der Waals surface area (Å²) in [6.07, 6.45) is 0.968. The molecule has 2 rings (SSSR count). The zero-order chi connectivity index (χ0) is 10.7. The highest BCUT2D eigenvalue weighted by Crippen LogP contribution is 2.45. The molecule has 1 aromatic carbocycles. The third-order valence-electron chi connectivity index (χ3n) is 2.53. The van der Waals surface area contributed by atoms with Gasteiger partial charge in [-0.25, -0.2) is 0 Å². The molecule has 2 atom stereocenters. The van der Waals surface area contributed by atoms with Crippen molar-refractivity contribution in [1.29, 1.82) is 0 Å². The van der Waals surface area contributed by atoms with Gasteiger partial charge in [0.2, 0.25) is 0 Å². The largest absolute Gasteiger partial charge is 0.0859 e. The molecule has 1 aliphatic heterocycles. The Morgan fingerprint density at radius 2 is 2.13 bits per heavy atom. The van der Waals surface area contributed by atoms with Crippen molar-refractivity contribution >= 4 is 13.2 Å².